The molecule has 9 nitrogen and oxygen atoms in total. The van der Waals surface area contributed by atoms with E-state index in [-0.39, 0.29) is 23.4 Å². The highest BCUT2D eigenvalue weighted by atomic mass is 19.1. The molecule has 176 valence electrons. The zero-order valence-electron chi connectivity index (χ0n) is 19.0. The van der Waals surface area contributed by atoms with Gasteiger partial charge in [0.2, 0.25) is 0 Å². The van der Waals surface area contributed by atoms with Gasteiger partial charge in [-0.2, -0.15) is 5.10 Å². The summed E-state index contributed by atoms with van der Waals surface area (Å²) >= 11 is 0. The molecular formula is C23H22F2N6O3. The van der Waals surface area contributed by atoms with Crippen LogP contribution in [0.2, 0.25) is 0 Å². The third-order valence-corrected chi connectivity index (χ3v) is 6.36. The molecule has 34 heavy (non-hydrogen) atoms. The number of hydrogen-bond donors (Lipinski definition) is 0. The van der Waals surface area contributed by atoms with Gasteiger partial charge < -0.3 is 9.47 Å². The third-order valence-electron chi connectivity index (χ3n) is 6.36. The van der Waals surface area contributed by atoms with E-state index in [1.165, 1.54) is 27.4 Å². The van der Waals surface area contributed by atoms with Crippen molar-refractivity contribution in [2.45, 2.75) is 18.9 Å². The van der Waals surface area contributed by atoms with Crippen molar-refractivity contribution in [3.8, 4) is 17.2 Å². The van der Waals surface area contributed by atoms with Crippen molar-refractivity contribution in [3.05, 3.63) is 52.6 Å². The summed E-state index contributed by atoms with van der Waals surface area (Å²) in [5.74, 6) is -0.298. The number of imidazole rings is 1. The molecule has 11 heteroatoms. The molecule has 0 amide bonds. The summed E-state index contributed by atoms with van der Waals surface area (Å²) in [4.78, 5) is 21.7. The fourth-order valence-electron chi connectivity index (χ4n) is 4.52. The number of aromatic nitrogens is 4. The van der Waals surface area contributed by atoms with E-state index in [0.29, 0.717) is 27.7 Å². The normalized spacial score (nSPS) is 17.8. The fraction of sp³-hybridized carbons (Fsp3) is 0.304. The van der Waals surface area contributed by atoms with E-state index in [0.717, 1.165) is 11.8 Å². The zero-order chi connectivity index (χ0) is 24.1. The van der Waals surface area contributed by atoms with E-state index in [1.807, 2.05) is 13.0 Å². The van der Waals surface area contributed by atoms with Gasteiger partial charge in [-0.3, -0.25) is 24.1 Å². The minimum atomic E-state index is -0.713. The van der Waals surface area contributed by atoms with Gasteiger partial charge in [-0.1, -0.05) is 0 Å². The number of hydrogen-bond acceptors (Lipinski definition) is 7. The van der Waals surface area contributed by atoms with Gasteiger partial charge in [0.25, 0.3) is 0 Å². The number of alkyl halides is 1. The number of rotatable bonds is 5. The molecule has 0 saturated heterocycles. The first-order valence-electron chi connectivity index (χ1n) is 10.5. The third kappa shape index (κ3) is 3.03. The second-order valence-corrected chi connectivity index (χ2v) is 8.04. The first-order chi connectivity index (χ1) is 16.4. The molecule has 0 radical (unpaired) electrons. The van der Waals surface area contributed by atoms with Crippen LogP contribution in [0.1, 0.15) is 18.4 Å². The van der Waals surface area contributed by atoms with Crippen molar-refractivity contribution >= 4 is 28.2 Å². The Bertz CT molecular complexity index is 1510. The van der Waals surface area contributed by atoms with Crippen molar-refractivity contribution in [3.63, 3.8) is 0 Å². The lowest BCUT2D eigenvalue weighted by Gasteiger charge is -2.23. The van der Waals surface area contributed by atoms with Crippen molar-refractivity contribution in [1.82, 2.24) is 24.1 Å². The van der Waals surface area contributed by atoms with Crippen LogP contribution in [0, 0.1) is 5.82 Å². The quantitative estimate of drug-likeness (QED) is 0.419. The molecule has 4 aromatic rings. The topological polar surface area (TPSA) is 86.8 Å². The summed E-state index contributed by atoms with van der Waals surface area (Å²) in [6.07, 6.45) is 5.61. The second kappa shape index (κ2) is 8.08. The number of aryl methyl sites for hydroxylation is 1. The Morgan fingerprint density at radius 3 is 2.56 bits per heavy atom. The molecule has 0 fully saturated rings. The van der Waals surface area contributed by atoms with E-state index in [2.05, 4.69) is 15.1 Å². The summed E-state index contributed by atoms with van der Waals surface area (Å²) in [6.45, 7) is 1.16. The van der Waals surface area contributed by atoms with E-state index < -0.39 is 18.3 Å². The predicted molar refractivity (Wildman–Crippen MR) is 123 cm³/mol. The van der Waals surface area contributed by atoms with E-state index in [9.17, 15) is 9.18 Å². The first kappa shape index (κ1) is 21.8. The van der Waals surface area contributed by atoms with Gasteiger partial charge in [-0.15, -0.1) is 0 Å². The molecule has 5 rings (SSSR count). The number of pyridine rings is 2. The fourth-order valence-corrected chi connectivity index (χ4v) is 4.52. The van der Waals surface area contributed by atoms with Crippen molar-refractivity contribution < 1.29 is 18.3 Å². The number of fused-ring (bicyclic) bond motifs is 3. The van der Waals surface area contributed by atoms with Gasteiger partial charge in [-0.25, -0.2) is 13.6 Å². The summed E-state index contributed by atoms with van der Waals surface area (Å²) in [6, 6.07) is 3.35. The average Bonchev–Trinajstić information content (AvgIpc) is 3.34. The molecule has 0 spiro atoms. The second-order valence-electron chi connectivity index (χ2n) is 8.04. The highest BCUT2D eigenvalue weighted by Gasteiger charge is 2.31. The van der Waals surface area contributed by atoms with Gasteiger partial charge >= 0.3 is 5.69 Å². The number of halogens is 2. The smallest absolute Gasteiger partial charge is 0.333 e. The summed E-state index contributed by atoms with van der Waals surface area (Å²) in [5.41, 5.74) is 1.74. The van der Waals surface area contributed by atoms with Gasteiger partial charge in [0.05, 0.1) is 55.4 Å². The van der Waals surface area contributed by atoms with Crippen LogP contribution in [0.25, 0.3) is 27.6 Å². The molecule has 0 aliphatic carbocycles. The van der Waals surface area contributed by atoms with E-state index >= 15 is 4.39 Å². The number of methoxy groups -OCH3 is 2. The highest BCUT2D eigenvalue weighted by Crippen LogP contribution is 2.38. The van der Waals surface area contributed by atoms with E-state index in [1.54, 1.807) is 32.6 Å². The largest absolute Gasteiger partial charge is 0.496 e. The Labute approximate surface area is 192 Å². The van der Waals surface area contributed by atoms with Gasteiger partial charge in [-0.05, 0) is 13.0 Å². The van der Waals surface area contributed by atoms with Gasteiger partial charge in [0.1, 0.15) is 11.4 Å². The molecule has 2 atom stereocenters. The summed E-state index contributed by atoms with van der Waals surface area (Å²) in [7, 11) is 4.52. The zero-order valence-corrected chi connectivity index (χ0v) is 19.0. The lowest BCUT2D eigenvalue weighted by molar-refractivity contribution is 0.155. The van der Waals surface area contributed by atoms with Crippen LogP contribution < -0.4 is 15.2 Å². The number of hydrazone groups is 1. The Kier molecular flexibility index (Phi) is 5.18. The summed E-state index contributed by atoms with van der Waals surface area (Å²) in [5, 5.41) is 6.11. The maximum atomic E-state index is 15.0. The molecule has 0 bridgehead atoms. The molecule has 4 heterocycles. The minimum Gasteiger partial charge on any atom is -0.496 e. The van der Waals surface area contributed by atoms with Crippen LogP contribution in [0.3, 0.4) is 0 Å². The Hall–Kier alpha value is -4.02. The molecule has 1 aromatic carbocycles. The highest BCUT2D eigenvalue weighted by molar-refractivity contribution is 6.04. The Morgan fingerprint density at radius 1 is 1.12 bits per heavy atom. The first-order valence-corrected chi connectivity index (χ1v) is 10.5. The van der Waals surface area contributed by atoms with Crippen molar-refractivity contribution in [1.29, 1.82) is 0 Å². The molecule has 1 aliphatic heterocycles. The molecule has 1 aliphatic rings. The molecule has 2 unspecified atom stereocenters. The average molecular weight is 468 g/mol. The molecule has 0 N–H and O–H groups in total. The Morgan fingerprint density at radius 2 is 1.88 bits per heavy atom. The molecule has 0 saturated carbocycles. The minimum absolute atomic E-state index is 0.0441. The Balaban J connectivity index is 1.88. The van der Waals surface area contributed by atoms with Crippen LogP contribution in [0.5, 0.6) is 11.5 Å². The number of ether oxygens (including phenoxy) is 2. The SMILES string of the molecule is COc1cc2ncc3c(c2cc1C1C=NN(CF)C1C)n(-c1c(F)cncc1OC)c(=O)n3C. The summed E-state index contributed by atoms with van der Waals surface area (Å²) < 4.78 is 42.0. The molecular weight excluding hydrogens is 446 g/mol. The lowest BCUT2D eigenvalue weighted by Crippen LogP contribution is -2.27. The number of nitrogens with zero attached hydrogens (tertiary/aromatic N) is 6. The van der Waals surface area contributed by atoms with Crippen LogP contribution in [0.15, 0.2) is 40.6 Å². The van der Waals surface area contributed by atoms with E-state index in [4.69, 9.17) is 9.47 Å². The number of benzene rings is 1. The maximum Gasteiger partial charge on any atom is 0.333 e. The predicted octanol–water partition coefficient (Wildman–Crippen LogP) is 3.13. The monoisotopic (exact) mass is 468 g/mol. The van der Waals surface area contributed by atoms with Crippen LogP contribution in [-0.2, 0) is 7.05 Å². The van der Waals surface area contributed by atoms with Crippen molar-refractivity contribution in [2.24, 2.45) is 12.1 Å². The van der Waals surface area contributed by atoms with Crippen molar-refractivity contribution in [2.75, 3.05) is 21.0 Å². The lowest BCUT2D eigenvalue weighted by atomic mass is 9.92. The van der Waals surface area contributed by atoms with Gasteiger partial charge in [0.15, 0.2) is 18.4 Å². The van der Waals surface area contributed by atoms with Crippen LogP contribution >= 0.6 is 0 Å². The van der Waals surface area contributed by atoms with Crippen LogP contribution in [0.4, 0.5) is 8.78 Å². The molecule has 3 aromatic heterocycles. The van der Waals surface area contributed by atoms with Gasteiger partial charge in [0, 0.05) is 36.2 Å². The maximum absolute atomic E-state index is 15.0. The van der Waals surface area contributed by atoms with Crippen LogP contribution in [-0.4, -0.2) is 57.4 Å². The standard InChI is InChI=1S/C23H22F2N6O3/c1-12-15(7-28-30(12)11-24)13-5-14-17(6-19(13)33-3)27-9-18-21(14)31(23(32)29(18)2)22-16(25)8-26-10-20(22)34-4/h5-10,12,15H,11H2,1-4H3.